The summed E-state index contributed by atoms with van der Waals surface area (Å²) >= 11 is 1.49. The molecule has 5 heteroatoms. The van der Waals surface area contributed by atoms with Crippen LogP contribution >= 0.6 is 11.3 Å². The van der Waals surface area contributed by atoms with Crippen molar-refractivity contribution >= 4 is 27.9 Å². The standard InChI is InChI=1S/C16H25N3OS/c1-4-8-18-15(20)14-12(17)11-13(21-14)19-9-5-6-16(2,3)7-10-19/h4,11H,1,5-10,17H2,2-3H3,(H,18,20). The molecule has 1 aromatic rings. The number of nitrogens with one attached hydrogen (secondary N) is 1. The lowest BCUT2D eigenvalue weighted by Crippen LogP contribution is -2.24. The van der Waals surface area contributed by atoms with Gasteiger partial charge < -0.3 is 16.0 Å². The minimum atomic E-state index is -0.112. The maximum absolute atomic E-state index is 12.0. The second kappa shape index (κ2) is 6.52. The Bertz CT molecular complexity index is 522. The first kappa shape index (κ1) is 15.9. The highest BCUT2D eigenvalue weighted by Gasteiger charge is 2.25. The lowest BCUT2D eigenvalue weighted by molar-refractivity contribution is 0.0963. The summed E-state index contributed by atoms with van der Waals surface area (Å²) in [6, 6.07) is 1.94. The zero-order valence-electron chi connectivity index (χ0n) is 12.9. The smallest absolute Gasteiger partial charge is 0.263 e. The SMILES string of the molecule is C=CCNC(=O)c1sc(N2CCCC(C)(C)CC2)cc1N. The second-order valence-electron chi connectivity index (χ2n) is 6.37. The number of anilines is 2. The minimum absolute atomic E-state index is 0.112. The topological polar surface area (TPSA) is 58.4 Å². The summed E-state index contributed by atoms with van der Waals surface area (Å²) in [4.78, 5) is 15.0. The Morgan fingerprint density at radius 3 is 3.00 bits per heavy atom. The summed E-state index contributed by atoms with van der Waals surface area (Å²) in [6.07, 6.45) is 5.27. The fourth-order valence-electron chi connectivity index (χ4n) is 2.61. The van der Waals surface area contributed by atoms with Crippen LogP contribution in [0.5, 0.6) is 0 Å². The van der Waals surface area contributed by atoms with Crippen LogP contribution in [0.15, 0.2) is 18.7 Å². The van der Waals surface area contributed by atoms with Crippen LogP contribution in [-0.2, 0) is 0 Å². The lowest BCUT2D eigenvalue weighted by atomic mass is 9.85. The number of rotatable bonds is 4. The molecular formula is C16H25N3OS. The summed E-state index contributed by atoms with van der Waals surface area (Å²) in [6.45, 7) is 10.8. The van der Waals surface area contributed by atoms with Crippen LogP contribution in [0.2, 0.25) is 0 Å². The van der Waals surface area contributed by atoms with E-state index in [9.17, 15) is 4.79 Å². The third-order valence-corrected chi connectivity index (χ3v) is 5.22. The highest BCUT2D eigenvalue weighted by atomic mass is 32.1. The Balaban J connectivity index is 2.11. The van der Waals surface area contributed by atoms with Crippen molar-refractivity contribution < 1.29 is 4.79 Å². The number of hydrogen-bond donors (Lipinski definition) is 2. The predicted octanol–water partition coefficient (Wildman–Crippen LogP) is 3.26. The number of carbonyl (C=O) groups excluding carboxylic acids is 1. The molecule has 0 bridgehead atoms. The van der Waals surface area contributed by atoms with Gasteiger partial charge in [-0.05, 0) is 30.7 Å². The van der Waals surface area contributed by atoms with E-state index in [2.05, 4.69) is 30.6 Å². The summed E-state index contributed by atoms with van der Waals surface area (Å²) in [5.41, 5.74) is 6.98. The van der Waals surface area contributed by atoms with Crippen molar-refractivity contribution in [2.45, 2.75) is 33.1 Å². The van der Waals surface area contributed by atoms with E-state index in [0.29, 0.717) is 22.5 Å². The van der Waals surface area contributed by atoms with Gasteiger partial charge in [-0.3, -0.25) is 4.79 Å². The van der Waals surface area contributed by atoms with Gasteiger partial charge in [0.05, 0.1) is 10.7 Å². The van der Waals surface area contributed by atoms with Crippen molar-refractivity contribution in [3.05, 3.63) is 23.6 Å². The van der Waals surface area contributed by atoms with Crippen LogP contribution < -0.4 is 16.0 Å². The van der Waals surface area contributed by atoms with Gasteiger partial charge in [0, 0.05) is 19.6 Å². The van der Waals surface area contributed by atoms with E-state index < -0.39 is 0 Å². The van der Waals surface area contributed by atoms with Crippen LogP contribution in [-0.4, -0.2) is 25.5 Å². The van der Waals surface area contributed by atoms with Gasteiger partial charge in [0.15, 0.2) is 0 Å². The second-order valence-corrected chi connectivity index (χ2v) is 7.40. The number of amides is 1. The normalized spacial score (nSPS) is 18.1. The Labute approximate surface area is 131 Å². The molecule has 2 rings (SSSR count). The monoisotopic (exact) mass is 307 g/mol. The van der Waals surface area contributed by atoms with Gasteiger partial charge in [0.1, 0.15) is 4.88 Å². The van der Waals surface area contributed by atoms with E-state index in [1.165, 1.54) is 30.6 Å². The molecule has 1 aliphatic rings. The van der Waals surface area contributed by atoms with Gasteiger partial charge in [-0.15, -0.1) is 17.9 Å². The molecule has 0 saturated carbocycles. The number of carbonyl (C=O) groups is 1. The first-order valence-corrected chi connectivity index (χ1v) is 8.28. The van der Waals surface area contributed by atoms with Crippen LogP contribution in [0.4, 0.5) is 10.7 Å². The minimum Gasteiger partial charge on any atom is -0.397 e. The molecule has 0 atom stereocenters. The van der Waals surface area contributed by atoms with Crippen molar-refractivity contribution in [1.29, 1.82) is 0 Å². The van der Waals surface area contributed by atoms with Crippen LogP contribution in [0.25, 0.3) is 0 Å². The molecule has 1 fully saturated rings. The van der Waals surface area contributed by atoms with Crippen molar-refractivity contribution in [2.75, 3.05) is 30.3 Å². The molecule has 21 heavy (non-hydrogen) atoms. The Morgan fingerprint density at radius 2 is 2.29 bits per heavy atom. The van der Waals surface area contributed by atoms with Crippen molar-refractivity contribution in [3.63, 3.8) is 0 Å². The average molecular weight is 307 g/mol. The first-order chi connectivity index (χ1) is 9.93. The molecule has 1 saturated heterocycles. The summed E-state index contributed by atoms with van der Waals surface area (Å²) in [5.74, 6) is -0.112. The Morgan fingerprint density at radius 1 is 1.52 bits per heavy atom. The molecule has 116 valence electrons. The highest BCUT2D eigenvalue weighted by molar-refractivity contribution is 7.18. The van der Waals surface area contributed by atoms with E-state index in [0.717, 1.165) is 18.1 Å². The fraction of sp³-hybridized carbons (Fsp3) is 0.562. The Hall–Kier alpha value is -1.49. The molecular weight excluding hydrogens is 282 g/mol. The van der Waals surface area contributed by atoms with E-state index in [1.807, 2.05) is 6.07 Å². The lowest BCUT2D eigenvalue weighted by Gasteiger charge is -2.23. The van der Waals surface area contributed by atoms with Crippen molar-refractivity contribution in [3.8, 4) is 0 Å². The predicted molar refractivity (Wildman–Crippen MR) is 91.1 cm³/mol. The zero-order chi connectivity index (χ0) is 15.5. The number of thiophene rings is 1. The van der Waals surface area contributed by atoms with E-state index in [4.69, 9.17) is 5.73 Å². The fourth-order valence-corrected chi connectivity index (χ4v) is 3.66. The van der Waals surface area contributed by atoms with Crippen LogP contribution in [0.3, 0.4) is 0 Å². The van der Waals surface area contributed by atoms with Gasteiger partial charge in [-0.25, -0.2) is 0 Å². The van der Waals surface area contributed by atoms with Gasteiger partial charge >= 0.3 is 0 Å². The van der Waals surface area contributed by atoms with Gasteiger partial charge in [0.25, 0.3) is 5.91 Å². The molecule has 4 nitrogen and oxygen atoms in total. The van der Waals surface area contributed by atoms with Crippen molar-refractivity contribution in [2.24, 2.45) is 5.41 Å². The Kier molecular flexibility index (Phi) is 4.93. The molecule has 3 N–H and O–H groups in total. The first-order valence-electron chi connectivity index (χ1n) is 7.46. The quantitative estimate of drug-likeness (QED) is 0.839. The van der Waals surface area contributed by atoms with E-state index in [1.54, 1.807) is 6.08 Å². The van der Waals surface area contributed by atoms with Gasteiger partial charge in [0.2, 0.25) is 0 Å². The van der Waals surface area contributed by atoms with Crippen LogP contribution in [0.1, 0.15) is 42.8 Å². The molecule has 2 heterocycles. The highest BCUT2D eigenvalue weighted by Crippen LogP contribution is 2.36. The number of nitrogens with zero attached hydrogens (tertiary/aromatic N) is 1. The zero-order valence-corrected chi connectivity index (χ0v) is 13.8. The van der Waals surface area contributed by atoms with Crippen LogP contribution in [0, 0.1) is 5.41 Å². The molecule has 0 aromatic carbocycles. The van der Waals surface area contributed by atoms with Gasteiger partial charge in [-0.1, -0.05) is 19.9 Å². The molecule has 0 radical (unpaired) electrons. The third kappa shape index (κ3) is 4.00. The molecule has 1 aromatic heterocycles. The average Bonchev–Trinajstić information content (AvgIpc) is 2.71. The third-order valence-electron chi connectivity index (χ3n) is 4.01. The van der Waals surface area contributed by atoms with E-state index >= 15 is 0 Å². The summed E-state index contributed by atoms with van der Waals surface area (Å²) < 4.78 is 0. The summed E-state index contributed by atoms with van der Waals surface area (Å²) in [7, 11) is 0. The van der Waals surface area contributed by atoms with E-state index in [-0.39, 0.29) is 5.91 Å². The van der Waals surface area contributed by atoms with Gasteiger partial charge in [-0.2, -0.15) is 0 Å². The maximum Gasteiger partial charge on any atom is 0.263 e. The molecule has 0 unspecified atom stereocenters. The molecule has 0 aliphatic carbocycles. The van der Waals surface area contributed by atoms with Crippen molar-refractivity contribution in [1.82, 2.24) is 5.32 Å². The number of hydrogen-bond acceptors (Lipinski definition) is 4. The molecule has 1 aliphatic heterocycles. The number of nitrogen functional groups attached to an aromatic ring is 1. The summed E-state index contributed by atoms with van der Waals surface area (Å²) in [5, 5.41) is 3.89. The maximum atomic E-state index is 12.0. The molecule has 1 amide bonds. The molecule has 0 spiro atoms. The largest absolute Gasteiger partial charge is 0.397 e. The number of nitrogens with two attached hydrogens (primary N) is 1.